The first-order chi connectivity index (χ1) is 11.6. The maximum atomic E-state index is 12.5. The summed E-state index contributed by atoms with van der Waals surface area (Å²) in [5, 5.41) is 2.87. The maximum absolute atomic E-state index is 12.5. The van der Waals surface area contributed by atoms with Gasteiger partial charge in [0.2, 0.25) is 5.91 Å². The van der Waals surface area contributed by atoms with Crippen LogP contribution in [0.15, 0.2) is 24.3 Å². The molecule has 1 aliphatic carbocycles. The normalized spacial score (nSPS) is 16.0. The number of hydrogen-bond donors (Lipinski definition) is 1. The smallest absolute Gasteiger partial charge is 0.328 e. The topological polar surface area (TPSA) is 59.8 Å². The van der Waals surface area contributed by atoms with Crippen LogP contribution in [-0.4, -0.2) is 24.5 Å². The molecule has 1 saturated carbocycles. The van der Waals surface area contributed by atoms with Crippen LogP contribution in [-0.2, 0) is 20.7 Å². The van der Waals surface area contributed by atoms with E-state index in [1.807, 2.05) is 6.07 Å². The minimum Gasteiger partial charge on any atom is -0.464 e. The zero-order valence-corrected chi connectivity index (χ0v) is 14.1. The van der Waals surface area contributed by atoms with Gasteiger partial charge >= 0.3 is 5.97 Å². The van der Waals surface area contributed by atoms with Gasteiger partial charge in [0.25, 0.3) is 0 Å². The Kier molecular flexibility index (Phi) is 6.80. The lowest BCUT2D eigenvalue weighted by molar-refractivity contribution is -0.148. The van der Waals surface area contributed by atoms with Gasteiger partial charge < -0.3 is 10.1 Å². The monoisotopic (exact) mass is 328 g/mol. The first-order valence-corrected chi connectivity index (χ1v) is 8.57. The molecule has 24 heavy (non-hydrogen) atoms. The maximum Gasteiger partial charge on any atom is 0.328 e. The molecule has 0 spiro atoms. The first kappa shape index (κ1) is 18.0. The third kappa shape index (κ3) is 5.09. The second-order valence-electron chi connectivity index (χ2n) is 6.13. The molecule has 5 nitrogen and oxygen atoms in total. The molecule has 1 atom stereocenters. The van der Waals surface area contributed by atoms with Crippen LogP contribution in [0, 0.1) is 12.5 Å². The minimum atomic E-state index is -0.708. The molecule has 2 rings (SSSR count). The molecular weight excluding hydrogens is 304 g/mol. The van der Waals surface area contributed by atoms with Crippen LogP contribution in [0.3, 0.4) is 0 Å². The molecule has 0 aromatic heterocycles. The highest BCUT2D eigenvalue weighted by molar-refractivity contribution is 5.86. The van der Waals surface area contributed by atoms with Crippen molar-refractivity contribution in [2.24, 2.45) is 5.92 Å². The van der Waals surface area contributed by atoms with Crippen molar-refractivity contribution in [3.05, 3.63) is 41.2 Å². The number of rotatable bonds is 6. The van der Waals surface area contributed by atoms with Gasteiger partial charge in [0, 0.05) is 12.3 Å². The molecule has 0 heterocycles. The van der Waals surface area contributed by atoms with Crippen molar-refractivity contribution in [3.8, 4) is 0 Å². The molecule has 1 amide bonds. The Morgan fingerprint density at radius 1 is 1.33 bits per heavy atom. The molecular formula is C19H24N2O3. The predicted molar refractivity (Wildman–Crippen MR) is 91.5 cm³/mol. The van der Waals surface area contributed by atoms with Crippen LogP contribution in [0.2, 0.25) is 0 Å². The standard InChI is InChI=1S/C19H24N2O3/c1-3-24-19(23)17(13-14-8-7-11-16(12-14)20-2)21-18(22)15-9-5-4-6-10-15/h7-8,11-12,15,17H,3-6,9-10,13H2,1H3,(H,21,22). The fourth-order valence-corrected chi connectivity index (χ4v) is 3.08. The number of ether oxygens (including phenoxy) is 1. The number of carbonyl (C=O) groups is 2. The average molecular weight is 328 g/mol. The minimum absolute atomic E-state index is 0.00903. The van der Waals surface area contributed by atoms with Crippen molar-refractivity contribution < 1.29 is 14.3 Å². The zero-order valence-electron chi connectivity index (χ0n) is 14.1. The summed E-state index contributed by atoms with van der Waals surface area (Å²) in [6.45, 7) is 9.11. The van der Waals surface area contributed by atoms with E-state index in [2.05, 4.69) is 10.2 Å². The SMILES string of the molecule is [C-]#[N+]c1cccc(CC(NC(=O)C2CCCCC2)C(=O)OCC)c1. The molecule has 128 valence electrons. The number of carbonyl (C=O) groups excluding carboxylic acids is 2. The first-order valence-electron chi connectivity index (χ1n) is 8.57. The molecule has 1 N–H and O–H groups in total. The highest BCUT2D eigenvalue weighted by atomic mass is 16.5. The number of amides is 1. The van der Waals surface area contributed by atoms with E-state index in [1.54, 1.807) is 25.1 Å². The number of esters is 1. The lowest BCUT2D eigenvalue weighted by Crippen LogP contribution is -2.46. The number of nitrogens with zero attached hydrogens (tertiary/aromatic N) is 1. The second-order valence-corrected chi connectivity index (χ2v) is 6.13. The van der Waals surface area contributed by atoms with Gasteiger partial charge in [-0.05, 0) is 19.8 Å². The molecule has 0 bridgehead atoms. The molecule has 1 aromatic rings. The van der Waals surface area contributed by atoms with Crippen LogP contribution in [0.5, 0.6) is 0 Å². The lowest BCUT2D eigenvalue weighted by Gasteiger charge is -2.24. The van der Waals surface area contributed by atoms with Crippen LogP contribution >= 0.6 is 0 Å². The average Bonchev–Trinajstić information content (AvgIpc) is 2.62. The zero-order chi connectivity index (χ0) is 17.4. The molecule has 0 aliphatic heterocycles. The van der Waals surface area contributed by atoms with E-state index >= 15 is 0 Å². The van der Waals surface area contributed by atoms with Crippen LogP contribution in [0.1, 0.15) is 44.6 Å². The van der Waals surface area contributed by atoms with E-state index in [-0.39, 0.29) is 18.4 Å². The Balaban J connectivity index is 2.07. The van der Waals surface area contributed by atoms with Crippen molar-refractivity contribution in [2.75, 3.05) is 6.61 Å². The Bertz CT molecular complexity index is 615. The summed E-state index contributed by atoms with van der Waals surface area (Å²) in [4.78, 5) is 28.1. The van der Waals surface area contributed by atoms with Gasteiger partial charge in [-0.2, -0.15) is 0 Å². The van der Waals surface area contributed by atoms with Crippen LogP contribution in [0.25, 0.3) is 4.85 Å². The van der Waals surface area contributed by atoms with E-state index in [4.69, 9.17) is 11.3 Å². The van der Waals surface area contributed by atoms with E-state index in [9.17, 15) is 9.59 Å². The fourth-order valence-electron chi connectivity index (χ4n) is 3.08. The van der Waals surface area contributed by atoms with Gasteiger partial charge in [0.05, 0.1) is 13.2 Å². The molecule has 1 unspecified atom stereocenters. The third-order valence-electron chi connectivity index (χ3n) is 4.34. The number of nitrogens with one attached hydrogen (secondary N) is 1. The molecule has 1 fully saturated rings. The summed E-state index contributed by atoms with van der Waals surface area (Å²) < 4.78 is 5.11. The van der Waals surface area contributed by atoms with Gasteiger partial charge in [0.1, 0.15) is 6.04 Å². The van der Waals surface area contributed by atoms with Crippen molar-refractivity contribution in [3.63, 3.8) is 0 Å². The van der Waals surface area contributed by atoms with Crippen molar-refractivity contribution in [1.29, 1.82) is 0 Å². The van der Waals surface area contributed by atoms with Gasteiger partial charge in [-0.15, -0.1) is 0 Å². The molecule has 0 saturated heterocycles. The Hall–Kier alpha value is -2.35. The largest absolute Gasteiger partial charge is 0.464 e. The summed E-state index contributed by atoms with van der Waals surface area (Å²) in [6, 6.07) is 6.39. The van der Waals surface area contributed by atoms with Crippen LogP contribution < -0.4 is 5.32 Å². The number of benzene rings is 1. The van der Waals surface area contributed by atoms with Gasteiger partial charge in [-0.3, -0.25) is 4.79 Å². The summed E-state index contributed by atoms with van der Waals surface area (Å²) in [5.41, 5.74) is 1.36. The third-order valence-corrected chi connectivity index (χ3v) is 4.34. The molecule has 0 radical (unpaired) electrons. The Labute approximate surface area is 143 Å². The van der Waals surface area contributed by atoms with Gasteiger partial charge in [-0.25, -0.2) is 9.64 Å². The van der Waals surface area contributed by atoms with Crippen molar-refractivity contribution in [2.45, 2.75) is 51.5 Å². The fraction of sp³-hybridized carbons (Fsp3) is 0.526. The summed E-state index contributed by atoms with van der Waals surface area (Å²) in [5.74, 6) is -0.491. The van der Waals surface area contributed by atoms with Gasteiger partial charge in [0.15, 0.2) is 5.69 Å². The van der Waals surface area contributed by atoms with E-state index < -0.39 is 12.0 Å². The van der Waals surface area contributed by atoms with E-state index in [1.165, 1.54) is 6.42 Å². The second kappa shape index (κ2) is 9.07. The summed E-state index contributed by atoms with van der Waals surface area (Å²) in [7, 11) is 0. The summed E-state index contributed by atoms with van der Waals surface area (Å²) in [6.07, 6.45) is 5.41. The van der Waals surface area contributed by atoms with E-state index in [0.29, 0.717) is 12.1 Å². The van der Waals surface area contributed by atoms with Crippen molar-refractivity contribution in [1.82, 2.24) is 5.32 Å². The predicted octanol–water partition coefficient (Wildman–Crippen LogP) is 3.41. The van der Waals surface area contributed by atoms with Crippen molar-refractivity contribution >= 4 is 17.6 Å². The molecule has 5 heteroatoms. The quantitative estimate of drug-likeness (QED) is 0.643. The Morgan fingerprint density at radius 2 is 2.08 bits per heavy atom. The molecule has 1 aromatic carbocycles. The van der Waals surface area contributed by atoms with Gasteiger partial charge in [-0.1, -0.05) is 49.1 Å². The highest BCUT2D eigenvalue weighted by Crippen LogP contribution is 2.24. The van der Waals surface area contributed by atoms with Crippen LogP contribution in [0.4, 0.5) is 5.69 Å². The van der Waals surface area contributed by atoms with E-state index in [0.717, 1.165) is 31.2 Å². The lowest BCUT2D eigenvalue weighted by atomic mass is 9.88. The Morgan fingerprint density at radius 3 is 2.75 bits per heavy atom. The number of hydrogen-bond acceptors (Lipinski definition) is 3. The molecule has 1 aliphatic rings. The summed E-state index contributed by atoms with van der Waals surface area (Å²) >= 11 is 0. The highest BCUT2D eigenvalue weighted by Gasteiger charge is 2.27.